The maximum atomic E-state index is 3.71. The molecule has 2 aliphatic carbocycles. The molecule has 3 rings (SSSR count). The van der Waals surface area contributed by atoms with Crippen LogP contribution in [0.3, 0.4) is 0 Å². The molecule has 1 aliphatic heterocycles. The fourth-order valence-corrected chi connectivity index (χ4v) is 5.33. The summed E-state index contributed by atoms with van der Waals surface area (Å²) in [6.45, 7) is 7.60. The van der Waals surface area contributed by atoms with E-state index >= 15 is 0 Å². The highest BCUT2D eigenvalue weighted by molar-refractivity contribution is 4.99. The van der Waals surface area contributed by atoms with E-state index in [1.165, 1.54) is 64.5 Å². The Bertz CT molecular complexity index is 281. The average molecular weight is 249 g/mol. The van der Waals surface area contributed by atoms with Crippen LogP contribution in [-0.4, -0.2) is 13.1 Å². The molecule has 3 fully saturated rings. The number of nitrogens with one attached hydrogen (secondary N) is 1. The SMILES string of the molecule is CC1CCC2(CCNCC2C2CCCC2)CC1C. The van der Waals surface area contributed by atoms with Gasteiger partial charge < -0.3 is 5.32 Å². The quantitative estimate of drug-likeness (QED) is 0.733. The van der Waals surface area contributed by atoms with E-state index < -0.39 is 0 Å². The van der Waals surface area contributed by atoms with Crippen molar-refractivity contribution < 1.29 is 0 Å². The van der Waals surface area contributed by atoms with Crippen LogP contribution in [0.25, 0.3) is 0 Å². The third-order valence-corrected chi connectivity index (χ3v) is 6.72. The van der Waals surface area contributed by atoms with Gasteiger partial charge in [-0.15, -0.1) is 0 Å². The van der Waals surface area contributed by atoms with Crippen LogP contribution in [0.15, 0.2) is 0 Å². The molecule has 1 saturated heterocycles. The fraction of sp³-hybridized carbons (Fsp3) is 1.00. The lowest BCUT2D eigenvalue weighted by Crippen LogP contribution is -2.50. The molecule has 0 amide bonds. The second kappa shape index (κ2) is 5.15. The van der Waals surface area contributed by atoms with Crippen LogP contribution >= 0.6 is 0 Å². The summed E-state index contributed by atoms with van der Waals surface area (Å²) >= 11 is 0. The van der Waals surface area contributed by atoms with E-state index in [0.29, 0.717) is 0 Å². The van der Waals surface area contributed by atoms with Crippen LogP contribution in [0.1, 0.15) is 65.2 Å². The highest BCUT2D eigenvalue weighted by Gasteiger charge is 2.47. The fourth-order valence-electron chi connectivity index (χ4n) is 5.33. The van der Waals surface area contributed by atoms with Gasteiger partial charge in [-0.2, -0.15) is 0 Å². The van der Waals surface area contributed by atoms with Gasteiger partial charge in [0, 0.05) is 0 Å². The number of hydrogen-bond donors (Lipinski definition) is 1. The third-order valence-electron chi connectivity index (χ3n) is 6.72. The van der Waals surface area contributed by atoms with E-state index in [9.17, 15) is 0 Å². The summed E-state index contributed by atoms with van der Waals surface area (Å²) in [6.07, 6.45) is 12.1. The Balaban J connectivity index is 1.77. The molecule has 1 heteroatoms. The predicted octanol–water partition coefficient (Wildman–Crippen LogP) is 4.23. The van der Waals surface area contributed by atoms with Crippen LogP contribution in [0, 0.1) is 29.1 Å². The van der Waals surface area contributed by atoms with Gasteiger partial charge >= 0.3 is 0 Å². The zero-order valence-corrected chi connectivity index (χ0v) is 12.4. The van der Waals surface area contributed by atoms with Gasteiger partial charge in [-0.25, -0.2) is 0 Å². The van der Waals surface area contributed by atoms with Crippen molar-refractivity contribution >= 4 is 0 Å². The van der Waals surface area contributed by atoms with Gasteiger partial charge in [0.2, 0.25) is 0 Å². The first-order valence-corrected chi connectivity index (χ1v) is 8.42. The summed E-state index contributed by atoms with van der Waals surface area (Å²) in [7, 11) is 0. The van der Waals surface area contributed by atoms with Crippen molar-refractivity contribution in [3.63, 3.8) is 0 Å². The molecular weight excluding hydrogens is 218 g/mol. The highest BCUT2D eigenvalue weighted by Crippen LogP contribution is 2.54. The van der Waals surface area contributed by atoms with E-state index in [-0.39, 0.29) is 0 Å². The summed E-state index contributed by atoms with van der Waals surface area (Å²) in [5.74, 6) is 3.98. The highest BCUT2D eigenvalue weighted by atomic mass is 14.9. The van der Waals surface area contributed by atoms with Gasteiger partial charge in [-0.05, 0) is 67.9 Å². The van der Waals surface area contributed by atoms with Gasteiger partial charge in [-0.3, -0.25) is 0 Å². The molecule has 1 nitrogen and oxygen atoms in total. The first-order valence-electron chi connectivity index (χ1n) is 8.42. The van der Waals surface area contributed by atoms with E-state index in [1.54, 1.807) is 0 Å². The lowest BCUT2D eigenvalue weighted by atomic mass is 9.55. The molecule has 0 bridgehead atoms. The van der Waals surface area contributed by atoms with Crippen molar-refractivity contribution in [1.29, 1.82) is 0 Å². The van der Waals surface area contributed by atoms with Gasteiger partial charge in [0.1, 0.15) is 0 Å². The average Bonchev–Trinajstić information content (AvgIpc) is 2.89. The van der Waals surface area contributed by atoms with E-state index in [2.05, 4.69) is 19.2 Å². The molecule has 3 aliphatic rings. The Kier molecular flexibility index (Phi) is 3.71. The molecule has 1 heterocycles. The third kappa shape index (κ3) is 2.24. The van der Waals surface area contributed by atoms with E-state index in [0.717, 1.165) is 29.1 Å². The second-order valence-corrected chi connectivity index (χ2v) is 7.66. The zero-order valence-electron chi connectivity index (χ0n) is 12.4. The molecule has 0 aromatic rings. The molecule has 18 heavy (non-hydrogen) atoms. The minimum atomic E-state index is 0.728. The van der Waals surface area contributed by atoms with Gasteiger partial charge in [-0.1, -0.05) is 39.5 Å². The van der Waals surface area contributed by atoms with Gasteiger partial charge in [0.25, 0.3) is 0 Å². The Morgan fingerprint density at radius 2 is 1.72 bits per heavy atom. The number of hydrogen-bond acceptors (Lipinski definition) is 1. The Morgan fingerprint density at radius 1 is 0.944 bits per heavy atom. The molecule has 4 atom stereocenters. The Hall–Kier alpha value is -0.0400. The summed E-state index contributed by atoms with van der Waals surface area (Å²) in [4.78, 5) is 0. The Morgan fingerprint density at radius 3 is 2.44 bits per heavy atom. The van der Waals surface area contributed by atoms with Crippen molar-refractivity contribution in [3.05, 3.63) is 0 Å². The molecule has 0 aromatic heterocycles. The number of piperidine rings is 1. The number of rotatable bonds is 1. The maximum absolute atomic E-state index is 3.71. The van der Waals surface area contributed by atoms with Crippen LogP contribution in [0.5, 0.6) is 0 Å². The van der Waals surface area contributed by atoms with Crippen molar-refractivity contribution in [3.8, 4) is 0 Å². The monoisotopic (exact) mass is 249 g/mol. The van der Waals surface area contributed by atoms with Crippen molar-refractivity contribution in [2.24, 2.45) is 29.1 Å². The molecule has 0 radical (unpaired) electrons. The van der Waals surface area contributed by atoms with Crippen LogP contribution in [0.4, 0.5) is 0 Å². The van der Waals surface area contributed by atoms with Gasteiger partial charge in [0.15, 0.2) is 0 Å². The Labute approximate surface area is 113 Å². The largest absolute Gasteiger partial charge is 0.316 e. The first-order chi connectivity index (χ1) is 8.71. The molecule has 2 saturated carbocycles. The summed E-state index contributed by atoms with van der Waals surface area (Å²) in [5, 5.41) is 3.71. The maximum Gasteiger partial charge on any atom is -0.00125 e. The molecule has 0 aromatic carbocycles. The predicted molar refractivity (Wildman–Crippen MR) is 77.5 cm³/mol. The second-order valence-electron chi connectivity index (χ2n) is 7.66. The van der Waals surface area contributed by atoms with Crippen LogP contribution < -0.4 is 5.32 Å². The zero-order chi connectivity index (χ0) is 12.6. The minimum absolute atomic E-state index is 0.728. The normalized spacial score (nSPS) is 46.7. The van der Waals surface area contributed by atoms with Crippen LogP contribution in [0.2, 0.25) is 0 Å². The topological polar surface area (TPSA) is 12.0 Å². The van der Waals surface area contributed by atoms with E-state index in [1.807, 2.05) is 0 Å². The summed E-state index contributed by atoms with van der Waals surface area (Å²) in [5.41, 5.74) is 0.728. The molecular formula is C17H31N. The molecule has 4 unspecified atom stereocenters. The lowest BCUT2D eigenvalue weighted by Gasteiger charge is -2.52. The first kappa shape index (κ1) is 13.0. The molecule has 1 spiro atoms. The van der Waals surface area contributed by atoms with Crippen molar-refractivity contribution in [1.82, 2.24) is 5.32 Å². The van der Waals surface area contributed by atoms with Gasteiger partial charge in [0.05, 0.1) is 0 Å². The standard InChI is InChI=1S/C17H31N/c1-13-7-8-17(11-14(13)2)9-10-18-12-16(17)15-5-3-4-6-15/h13-16,18H,3-12H2,1-2H3. The van der Waals surface area contributed by atoms with Crippen molar-refractivity contribution in [2.45, 2.75) is 65.2 Å². The summed E-state index contributed by atoms with van der Waals surface area (Å²) in [6, 6.07) is 0. The smallest absolute Gasteiger partial charge is 0.00125 e. The lowest BCUT2D eigenvalue weighted by molar-refractivity contribution is -0.0117. The summed E-state index contributed by atoms with van der Waals surface area (Å²) < 4.78 is 0. The van der Waals surface area contributed by atoms with E-state index in [4.69, 9.17) is 0 Å². The van der Waals surface area contributed by atoms with Crippen LogP contribution in [-0.2, 0) is 0 Å². The minimum Gasteiger partial charge on any atom is -0.316 e. The van der Waals surface area contributed by atoms with Crippen molar-refractivity contribution in [2.75, 3.05) is 13.1 Å². The molecule has 104 valence electrons. The molecule has 1 N–H and O–H groups in total.